The molecule has 0 aliphatic heterocycles. The average Bonchev–Trinajstić information content (AvgIpc) is 2.68. The van der Waals surface area contributed by atoms with Crippen molar-refractivity contribution < 1.29 is 4.79 Å². The third kappa shape index (κ3) is 2.60. The fraction of sp³-hybridized carbons (Fsp3) is 0.286. The van der Waals surface area contributed by atoms with E-state index in [2.05, 4.69) is 20.9 Å². The number of alkyl halides is 1. The van der Waals surface area contributed by atoms with E-state index in [1.54, 1.807) is 0 Å². The van der Waals surface area contributed by atoms with E-state index in [4.69, 9.17) is 11.6 Å². The van der Waals surface area contributed by atoms with Crippen molar-refractivity contribution in [1.82, 2.24) is 9.55 Å². The van der Waals surface area contributed by atoms with Crippen molar-refractivity contribution in [2.24, 2.45) is 0 Å². The van der Waals surface area contributed by atoms with Crippen molar-refractivity contribution in [2.45, 2.75) is 20.8 Å². The van der Waals surface area contributed by atoms with Crippen LogP contribution in [0.15, 0.2) is 22.7 Å². The van der Waals surface area contributed by atoms with Gasteiger partial charge in [-0.3, -0.25) is 4.79 Å². The SMILES string of the molecule is Cc1nc(-n2c(C)cc(C(=O)CCl)c2C)ccc1Br. The van der Waals surface area contributed by atoms with E-state index in [1.165, 1.54) is 0 Å². The van der Waals surface area contributed by atoms with Crippen molar-refractivity contribution in [3.8, 4) is 5.82 Å². The van der Waals surface area contributed by atoms with Gasteiger partial charge in [-0.25, -0.2) is 4.98 Å². The molecule has 0 saturated carbocycles. The topological polar surface area (TPSA) is 34.9 Å². The van der Waals surface area contributed by atoms with Crippen LogP contribution >= 0.6 is 27.5 Å². The standard InChI is InChI=1S/C14H14BrClN2O/c1-8-6-11(13(19)7-16)10(3)18(8)14-5-4-12(15)9(2)17-14/h4-6H,7H2,1-3H3. The maximum absolute atomic E-state index is 11.8. The van der Waals surface area contributed by atoms with Gasteiger partial charge in [0.1, 0.15) is 5.82 Å². The number of ketones is 1. The molecule has 0 aliphatic rings. The second-order valence-corrected chi connectivity index (χ2v) is 5.54. The summed E-state index contributed by atoms with van der Waals surface area (Å²) in [5, 5.41) is 0. The Balaban J connectivity index is 2.59. The predicted octanol–water partition coefficient (Wildman–Crippen LogP) is 3.98. The molecule has 3 nitrogen and oxygen atoms in total. The van der Waals surface area contributed by atoms with Crippen molar-refractivity contribution >= 4 is 33.3 Å². The van der Waals surface area contributed by atoms with Crippen LogP contribution in [-0.2, 0) is 0 Å². The minimum atomic E-state index is -0.0603. The Bertz CT molecular complexity index is 649. The first-order chi connectivity index (χ1) is 8.95. The predicted molar refractivity (Wildman–Crippen MR) is 80.5 cm³/mol. The van der Waals surface area contributed by atoms with E-state index in [0.29, 0.717) is 5.56 Å². The van der Waals surface area contributed by atoms with E-state index in [0.717, 1.165) is 27.4 Å². The van der Waals surface area contributed by atoms with Crippen molar-refractivity contribution in [1.29, 1.82) is 0 Å². The van der Waals surface area contributed by atoms with Gasteiger partial charge in [-0.15, -0.1) is 11.6 Å². The van der Waals surface area contributed by atoms with Crippen LogP contribution in [-0.4, -0.2) is 21.2 Å². The number of nitrogens with zero attached hydrogens (tertiary/aromatic N) is 2. The molecule has 2 rings (SSSR count). The fourth-order valence-corrected chi connectivity index (χ4v) is 2.49. The summed E-state index contributed by atoms with van der Waals surface area (Å²) < 4.78 is 2.94. The van der Waals surface area contributed by atoms with Crippen LogP contribution in [0.25, 0.3) is 5.82 Å². The van der Waals surface area contributed by atoms with Crippen LogP contribution in [0.4, 0.5) is 0 Å². The minimum Gasteiger partial charge on any atom is -0.302 e. The van der Waals surface area contributed by atoms with Gasteiger partial charge in [0.25, 0.3) is 0 Å². The molecule has 2 aromatic heterocycles. The van der Waals surface area contributed by atoms with Crippen molar-refractivity contribution in [3.05, 3.63) is 45.3 Å². The maximum atomic E-state index is 11.8. The van der Waals surface area contributed by atoms with Crippen LogP contribution in [0.3, 0.4) is 0 Å². The molecule has 5 heteroatoms. The quantitative estimate of drug-likeness (QED) is 0.625. The molecule has 0 amide bonds. The smallest absolute Gasteiger partial charge is 0.179 e. The van der Waals surface area contributed by atoms with Crippen molar-refractivity contribution in [2.75, 3.05) is 5.88 Å². The first kappa shape index (κ1) is 14.3. The molecule has 0 aliphatic carbocycles. The summed E-state index contributed by atoms with van der Waals surface area (Å²) in [6, 6.07) is 5.74. The highest BCUT2D eigenvalue weighted by Gasteiger charge is 2.16. The van der Waals surface area contributed by atoms with Crippen LogP contribution in [0.1, 0.15) is 27.4 Å². The van der Waals surface area contributed by atoms with Crippen LogP contribution < -0.4 is 0 Å². The summed E-state index contributed by atoms with van der Waals surface area (Å²) in [4.78, 5) is 16.3. The molecule has 0 bridgehead atoms. The molecule has 0 fully saturated rings. The second kappa shape index (κ2) is 5.47. The zero-order valence-electron chi connectivity index (χ0n) is 11.0. The first-order valence-electron chi connectivity index (χ1n) is 5.87. The zero-order valence-corrected chi connectivity index (χ0v) is 13.3. The number of hydrogen-bond donors (Lipinski definition) is 0. The summed E-state index contributed by atoms with van der Waals surface area (Å²) in [7, 11) is 0. The number of carbonyl (C=O) groups excluding carboxylic acids is 1. The zero-order chi connectivity index (χ0) is 14.2. The van der Waals surface area contributed by atoms with Crippen LogP contribution in [0.5, 0.6) is 0 Å². The Morgan fingerprint density at radius 2 is 2.05 bits per heavy atom. The van der Waals surface area contributed by atoms with Gasteiger partial charge in [0.15, 0.2) is 5.78 Å². The van der Waals surface area contributed by atoms with E-state index in [-0.39, 0.29) is 11.7 Å². The third-order valence-electron chi connectivity index (χ3n) is 3.09. The lowest BCUT2D eigenvalue weighted by molar-refractivity contribution is 0.102. The van der Waals surface area contributed by atoms with E-state index in [9.17, 15) is 4.79 Å². The Hall–Kier alpha value is -1.13. The molecule has 19 heavy (non-hydrogen) atoms. The number of carbonyl (C=O) groups is 1. The fourth-order valence-electron chi connectivity index (χ4n) is 2.12. The summed E-state index contributed by atoms with van der Waals surface area (Å²) in [6.07, 6.45) is 0. The van der Waals surface area contributed by atoms with Gasteiger partial charge in [-0.05, 0) is 54.9 Å². The maximum Gasteiger partial charge on any atom is 0.179 e. The Labute approximate surface area is 125 Å². The molecule has 100 valence electrons. The summed E-state index contributed by atoms with van der Waals surface area (Å²) >= 11 is 9.07. The highest BCUT2D eigenvalue weighted by molar-refractivity contribution is 9.10. The van der Waals surface area contributed by atoms with Crippen LogP contribution in [0.2, 0.25) is 0 Å². The van der Waals surface area contributed by atoms with E-state index < -0.39 is 0 Å². The molecule has 0 unspecified atom stereocenters. The van der Waals surface area contributed by atoms with E-state index in [1.807, 2.05) is 43.5 Å². The van der Waals surface area contributed by atoms with Gasteiger partial charge in [-0.1, -0.05) is 0 Å². The lowest BCUT2D eigenvalue weighted by Crippen LogP contribution is -2.06. The van der Waals surface area contributed by atoms with Gasteiger partial charge in [0.2, 0.25) is 0 Å². The highest BCUT2D eigenvalue weighted by atomic mass is 79.9. The second-order valence-electron chi connectivity index (χ2n) is 4.41. The molecule has 0 aromatic carbocycles. The molecule has 0 radical (unpaired) electrons. The summed E-state index contributed by atoms with van der Waals surface area (Å²) in [6.45, 7) is 5.80. The summed E-state index contributed by atoms with van der Waals surface area (Å²) in [5.74, 6) is 0.746. The number of Topliss-reactive ketones (excluding diaryl/α,β-unsaturated/α-hetero) is 1. The minimum absolute atomic E-state index is 0.00289. The van der Waals surface area contributed by atoms with Crippen molar-refractivity contribution in [3.63, 3.8) is 0 Å². The number of hydrogen-bond acceptors (Lipinski definition) is 2. The summed E-state index contributed by atoms with van der Waals surface area (Å²) in [5.41, 5.74) is 3.42. The van der Waals surface area contributed by atoms with Gasteiger partial charge in [-0.2, -0.15) is 0 Å². The molecular weight excluding hydrogens is 328 g/mol. The Morgan fingerprint density at radius 1 is 1.37 bits per heavy atom. The monoisotopic (exact) mass is 340 g/mol. The number of aromatic nitrogens is 2. The number of halogens is 2. The number of aryl methyl sites for hydroxylation is 2. The normalized spacial score (nSPS) is 10.8. The van der Waals surface area contributed by atoms with Crippen LogP contribution in [0, 0.1) is 20.8 Å². The molecule has 2 aromatic rings. The first-order valence-corrected chi connectivity index (χ1v) is 7.20. The third-order valence-corrected chi connectivity index (χ3v) is 4.17. The Kier molecular flexibility index (Phi) is 4.11. The largest absolute Gasteiger partial charge is 0.302 e. The lowest BCUT2D eigenvalue weighted by atomic mass is 10.2. The molecule has 0 saturated heterocycles. The molecule has 0 N–H and O–H groups in total. The molecular formula is C14H14BrClN2O. The van der Waals surface area contributed by atoms with Gasteiger partial charge >= 0.3 is 0 Å². The van der Waals surface area contributed by atoms with Gasteiger partial charge in [0, 0.05) is 21.4 Å². The molecule has 0 atom stereocenters. The highest BCUT2D eigenvalue weighted by Crippen LogP contribution is 2.22. The number of pyridine rings is 1. The lowest BCUT2D eigenvalue weighted by Gasteiger charge is -2.10. The Morgan fingerprint density at radius 3 is 2.63 bits per heavy atom. The average molecular weight is 342 g/mol. The van der Waals surface area contributed by atoms with Gasteiger partial charge in [0.05, 0.1) is 11.6 Å². The molecule has 0 spiro atoms. The number of rotatable bonds is 3. The molecule has 2 heterocycles. The van der Waals surface area contributed by atoms with Gasteiger partial charge < -0.3 is 4.57 Å². The van der Waals surface area contributed by atoms with E-state index >= 15 is 0 Å².